The molecule has 1 aliphatic rings. The van der Waals surface area contributed by atoms with E-state index in [9.17, 15) is 10.1 Å². The van der Waals surface area contributed by atoms with Crippen LogP contribution in [0.3, 0.4) is 0 Å². The van der Waals surface area contributed by atoms with E-state index in [2.05, 4.69) is 17.6 Å². The van der Waals surface area contributed by atoms with Gasteiger partial charge in [-0.25, -0.2) is 9.78 Å². The van der Waals surface area contributed by atoms with Crippen LogP contribution in [0.25, 0.3) is 27.8 Å². The van der Waals surface area contributed by atoms with E-state index in [1.54, 1.807) is 0 Å². The quantitative estimate of drug-likeness (QED) is 0.700. The Morgan fingerprint density at radius 1 is 1.39 bits per heavy atom. The second-order valence-electron chi connectivity index (χ2n) is 6.94. The Bertz CT molecular complexity index is 1140. The molecule has 6 nitrogen and oxygen atoms in total. The summed E-state index contributed by atoms with van der Waals surface area (Å²) in [6.07, 6.45) is 1.18. The first-order valence-electron chi connectivity index (χ1n) is 9.04. The highest BCUT2D eigenvalue weighted by atomic mass is 16.5. The van der Waals surface area contributed by atoms with Gasteiger partial charge in [-0.2, -0.15) is 5.26 Å². The van der Waals surface area contributed by atoms with Gasteiger partial charge in [0.15, 0.2) is 11.5 Å². The van der Waals surface area contributed by atoms with Gasteiger partial charge < -0.3 is 14.9 Å². The van der Waals surface area contributed by atoms with Crippen molar-refractivity contribution in [3.8, 4) is 17.2 Å². The van der Waals surface area contributed by atoms with E-state index < -0.39 is 6.09 Å². The number of carbonyl (C=O) groups excluding carboxylic acids is 1. The molecule has 6 heteroatoms. The first-order valence-corrected chi connectivity index (χ1v) is 9.04. The van der Waals surface area contributed by atoms with E-state index >= 15 is 0 Å². The lowest BCUT2D eigenvalue weighted by molar-refractivity contribution is 0.171. The molecule has 0 radical (unpaired) electrons. The average molecular weight is 373 g/mol. The van der Waals surface area contributed by atoms with Crippen molar-refractivity contribution in [3.63, 3.8) is 0 Å². The van der Waals surface area contributed by atoms with Crippen LogP contribution in [0.15, 0.2) is 41.3 Å². The van der Waals surface area contributed by atoms with Gasteiger partial charge in [0.25, 0.3) is 0 Å². The minimum absolute atomic E-state index is 0.0743. The lowest BCUT2D eigenvalue weighted by atomic mass is 9.88. The van der Waals surface area contributed by atoms with Crippen LogP contribution in [0.5, 0.6) is 0 Å². The number of amides is 1. The van der Waals surface area contributed by atoms with Gasteiger partial charge in [-0.05, 0) is 42.0 Å². The number of fused-ring (bicyclic) bond motifs is 1. The molecule has 2 N–H and O–H groups in total. The Morgan fingerprint density at radius 3 is 2.71 bits per heavy atom. The van der Waals surface area contributed by atoms with Gasteiger partial charge in [-0.1, -0.05) is 36.9 Å². The fourth-order valence-corrected chi connectivity index (χ4v) is 3.45. The molecule has 0 unspecified atom stereocenters. The third-order valence-electron chi connectivity index (χ3n) is 4.95. The van der Waals surface area contributed by atoms with Crippen molar-refractivity contribution >= 4 is 22.8 Å². The molecule has 0 aliphatic heterocycles. The van der Waals surface area contributed by atoms with Crippen molar-refractivity contribution < 1.29 is 13.9 Å². The summed E-state index contributed by atoms with van der Waals surface area (Å²) in [4.78, 5) is 15.7. The number of benzene rings is 2. The van der Waals surface area contributed by atoms with Crippen LogP contribution >= 0.6 is 0 Å². The van der Waals surface area contributed by atoms with Crippen LogP contribution in [0.2, 0.25) is 0 Å². The minimum atomic E-state index is -0.875. The Labute approximate surface area is 162 Å². The summed E-state index contributed by atoms with van der Waals surface area (Å²) in [5.41, 5.74) is 10.4. The maximum absolute atomic E-state index is 11.1. The highest BCUT2D eigenvalue weighted by Gasteiger charge is 2.32. The molecule has 1 amide bonds. The molecule has 1 saturated carbocycles. The Kier molecular flexibility index (Phi) is 4.36. The van der Waals surface area contributed by atoms with Crippen LogP contribution < -0.4 is 5.73 Å². The van der Waals surface area contributed by atoms with Crippen LogP contribution in [0.1, 0.15) is 41.3 Å². The summed E-state index contributed by atoms with van der Waals surface area (Å²) in [5, 5.41) is 9.82. The normalized spacial score (nSPS) is 13.3. The van der Waals surface area contributed by atoms with Gasteiger partial charge in [-0.15, -0.1) is 0 Å². The van der Waals surface area contributed by atoms with Crippen molar-refractivity contribution in [1.82, 2.24) is 4.98 Å². The number of carbonyl (C=O) groups is 1. The molecule has 0 spiro atoms. The van der Waals surface area contributed by atoms with Crippen LogP contribution in [-0.4, -0.2) is 17.7 Å². The summed E-state index contributed by atoms with van der Waals surface area (Å²) >= 11 is 0. The summed E-state index contributed by atoms with van der Waals surface area (Å²) in [7, 11) is 0. The molecule has 1 aliphatic carbocycles. The topological polar surface area (TPSA) is 102 Å². The predicted octanol–water partition coefficient (Wildman–Crippen LogP) is 4.66. The Morgan fingerprint density at radius 2 is 2.11 bits per heavy atom. The molecule has 1 heterocycles. The first-order chi connectivity index (χ1) is 13.5. The number of nitriles is 1. The number of hydrogen-bond donors (Lipinski definition) is 1. The van der Waals surface area contributed by atoms with Crippen molar-refractivity contribution in [3.05, 3.63) is 59.5 Å². The highest BCUT2D eigenvalue weighted by molar-refractivity contribution is 6.00. The number of primary amides is 1. The monoisotopic (exact) mass is 373 g/mol. The standard InChI is InChI=1S/C22H19N3O3/c1-12(11-27-22(24)26)17-18(14-6-4-3-5-7-14)13(2)16(10-23)19-20(17)28-21(25-19)15-8-9-15/h3-7,15H,1,8-9,11H2,2H3,(H2,24,26). The number of hydrogen-bond acceptors (Lipinski definition) is 5. The predicted molar refractivity (Wildman–Crippen MR) is 105 cm³/mol. The second-order valence-corrected chi connectivity index (χ2v) is 6.94. The van der Waals surface area contributed by atoms with Crippen molar-refractivity contribution in [1.29, 1.82) is 5.26 Å². The van der Waals surface area contributed by atoms with E-state index in [-0.39, 0.29) is 6.61 Å². The zero-order valence-electron chi connectivity index (χ0n) is 15.5. The van der Waals surface area contributed by atoms with Gasteiger partial charge in [0.2, 0.25) is 0 Å². The summed E-state index contributed by atoms with van der Waals surface area (Å²) < 4.78 is 11.1. The molecule has 140 valence electrons. The molecule has 0 atom stereocenters. The van der Waals surface area contributed by atoms with E-state index in [0.717, 1.165) is 29.5 Å². The molecular weight excluding hydrogens is 354 g/mol. The Balaban J connectivity index is 2.03. The number of oxazole rings is 1. The fraction of sp³-hybridized carbons (Fsp3) is 0.227. The van der Waals surface area contributed by atoms with E-state index in [4.69, 9.17) is 14.9 Å². The van der Waals surface area contributed by atoms with Gasteiger partial charge in [0, 0.05) is 11.5 Å². The maximum atomic E-state index is 11.1. The van der Waals surface area contributed by atoms with E-state index in [1.807, 2.05) is 37.3 Å². The van der Waals surface area contributed by atoms with Crippen LogP contribution in [-0.2, 0) is 4.74 Å². The molecular formula is C22H19N3O3. The second kappa shape index (κ2) is 6.86. The largest absolute Gasteiger partial charge is 0.445 e. The minimum Gasteiger partial charge on any atom is -0.445 e. The highest BCUT2D eigenvalue weighted by Crippen LogP contribution is 2.45. The lowest BCUT2D eigenvalue weighted by Crippen LogP contribution is -2.14. The number of rotatable bonds is 5. The maximum Gasteiger partial charge on any atom is 0.404 e. The van der Waals surface area contributed by atoms with Gasteiger partial charge in [-0.3, -0.25) is 0 Å². The van der Waals surface area contributed by atoms with Crippen molar-refractivity contribution in [2.45, 2.75) is 25.7 Å². The summed E-state index contributed by atoms with van der Waals surface area (Å²) in [6, 6.07) is 12.0. The molecule has 3 aromatic rings. The van der Waals surface area contributed by atoms with E-state index in [1.165, 1.54) is 0 Å². The van der Waals surface area contributed by atoms with Gasteiger partial charge >= 0.3 is 6.09 Å². The third kappa shape index (κ3) is 3.01. The van der Waals surface area contributed by atoms with Crippen molar-refractivity contribution in [2.24, 2.45) is 5.73 Å². The smallest absolute Gasteiger partial charge is 0.404 e. The average Bonchev–Trinajstić information content (AvgIpc) is 3.45. The van der Waals surface area contributed by atoms with Gasteiger partial charge in [0.1, 0.15) is 18.2 Å². The molecule has 2 aromatic carbocycles. The van der Waals surface area contributed by atoms with Gasteiger partial charge in [0.05, 0.1) is 5.56 Å². The molecule has 1 aromatic heterocycles. The number of nitrogens with two attached hydrogens (primary N) is 1. The van der Waals surface area contributed by atoms with Crippen LogP contribution in [0.4, 0.5) is 4.79 Å². The lowest BCUT2D eigenvalue weighted by Gasteiger charge is -2.16. The SMILES string of the molecule is C=C(COC(N)=O)c1c(-c2ccccc2)c(C)c(C#N)c2nc(C3CC3)oc12. The van der Waals surface area contributed by atoms with E-state index in [0.29, 0.717) is 39.6 Å². The zero-order valence-corrected chi connectivity index (χ0v) is 15.5. The third-order valence-corrected chi connectivity index (χ3v) is 4.95. The zero-order chi connectivity index (χ0) is 19.8. The number of aromatic nitrogens is 1. The van der Waals surface area contributed by atoms with Crippen LogP contribution in [0, 0.1) is 18.3 Å². The summed E-state index contributed by atoms with van der Waals surface area (Å²) in [5.74, 6) is 0.934. The molecule has 28 heavy (non-hydrogen) atoms. The molecule has 1 fully saturated rings. The molecule has 0 saturated heterocycles. The van der Waals surface area contributed by atoms with Crippen molar-refractivity contribution in [2.75, 3.05) is 6.61 Å². The Hall–Kier alpha value is -3.59. The molecule has 0 bridgehead atoms. The number of nitrogens with zero attached hydrogens (tertiary/aromatic N) is 2. The fourth-order valence-electron chi connectivity index (χ4n) is 3.45. The number of ether oxygens (including phenoxy) is 1. The first kappa shape index (κ1) is 17.8. The molecule has 4 rings (SSSR count). The summed E-state index contributed by atoms with van der Waals surface area (Å²) in [6.45, 7) is 5.91.